The largest absolute Gasteiger partial charge is 0.373 e. The summed E-state index contributed by atoms with van der Waals surface area (Å²) in [4.78, 5) is 19.2. The summed E-state index contributed by atoms with van der Waals surface area (Å²) < 4.78 is 8.04. The van der Waals surface area contributed by atoms with Crippen molar-refractivity contribution in [3.8, 4) is 0 Å². The molecule has 4 rings (SSSR count). The molecule has 2 aliphatic rings. The molecule has 26 heavy (non-hydrogen) atoms. The van der Waals surface area contributed by atoms with E-state index in [1.54, 1.807) is 0 Å². The van der Waals surface area contributed by atoms with Crippen LogP contribution >= 0.6 is 0 Å². The Balaban J connectivity index is 1.40. The van der Waals surface area contributed by atoms with Crippen LogP contribution in [0, 0.1) is 5.92 Å². The molecule has 2 atom stereocenters. The molecule has 0 radical (unpaired) electrons. The van der Waals surface area contributed by atoms with Crippen LogP contribution in [0.5, 0.6) is 0 Å². The number of rotatable bonds is 4. The number of ether oxygens (including phenoxy) is 1. The van der Waals surface area contributed by atoms with Gasteiger partial charge in [0.25, 0.3) is 0 Å². The Bertz CT molecular complexity index is 763. The van der Waals surface area contributed by atoms with Crippen molar-refractivity contribution in [1.29, 1.82) is 0 Å². The number of benzene rings is 1. The van der Waals surface area contributed by atoms with Gasteiger partial charge >= 0.3 is 0 Å². The van der Waals surface area contributed by atoms with Crippen molar-refractivity contribution in [1.82, 2.24) is 19.8 Å². The number of nitrogens with zero attached hydrogens (tertiary/aromatic N) is 3. The van der Waals surface area contributed by atoms with Gasteiger partial charge in [0.05, 0.1) is 30.8 Å². The lowest BCUT2D eigenvalue weighted by Crippen LogP contribution is -2.49. The molecule has 1 aromatic carbocycles. The minimum absolute atomic E-state index is 0.0314. The van der Waals surface area contributed by atoms with Gasteiger partial charge in [0.1, 0.15) is 0 Å². The maximum Gasteiger partial charge on any atom is 0.223 e. The number of fused-ring (bicyclic) bond motifs is 1. The quantitative estimate of drug-likeness (QED) is 0.900. The van der Waals surface area contributed by atoms with E-state index in [1.807, 2.05) is 36.3 Å². The van der Waals surface area contributed by atoms with E-state index in [0.717, 1.165) is 25.1 Å². The van der Waals surface area contributed by atoms with Gasteiger partial charge in [-0.25, -0.2) is 4.98 Å². The first-order valence-corrected chi connectivity index (χ1v) is 9.26. The predicted molar refractivity (Wildman–Crippen MR) is 98.7 cm³/mol. The Labute approximate surface area is 154 Å². The summed E-state index contributed by atoms with van der Waals surface area (Å²) in [6, 6.07) is 8.44. The Morgan fingerprint density at radius 2 is 2.00 bits per heavy atom. The molecule has 6 heteroatoms. The summed E-state index contributed by atoms with van der Waals surface area (Å²) in [5.41, 5.74) is 3.71. The minimum atomic E-state index is -0.0723. The van der Waals surface area contributed by atoms with Crippen LogP contribution in [-0.2, 0) is 29.4 Å². The van der Waals surface area contributed by atoms with Crippen LogP contribution in [0.1, 0.15) is 22.9 Å². The molecule has 1 aliphatic heterocycles. The van der Waals surface area contributed by atoms with Crippen molar-refractivity contribution in [2.24, 2.45) is 13.0 Å². The van der Waals surface area contributed by atoms with E-state index in [4.69, 9.17) is 4.74 Å². The van der Waals surface area contributed by atoms with Crippen molar-refractivity contribution in [3.05, 3.63) is 53.6 Å². The molecule has 0 saturated carbocycles. The van der Waals surface area contributed by atoms with Gasteiger partial charge in [-0.3, -0.25) is 9.69 Å². The van der Waals surface area contributed by atoms with Crippen LogP contribution in [0.4, 0.5) is 0 Å². The summed E-state index contributed by atoms with van der Waals surface area (Å²) in [5, 5.41) is 3.14. The Kier molecular flexibility index (Phi) is 4.78. The zero-order chi connectivity index (χ0) is 18.1. The van der Waals surface area contributed by atoms with Gasteiger partial charge in [0.15, 0.2) is 0 Å². The Morgan fingerprint density at radius 1 is 1.27 bits per heavy atom. The average molecular weight is 354 g/mol. The summed E-state index contributed by atoms with van der Waals surface area (Å²) in [6.07, 6.45) is 5.29. The number of hydrogen-bond acceptors (Lipinski definition) is 4. The first-order chi connectivity index (χ1) is 12.6. The first-order valence-electron chi connectivity index (χ1n) is 9.26. The summed E-state index contributed by atoms with van der Waals surface area (Å²) >= 11 is 0. The number of amides is 1. The van der Waals surface area contributed by atoms with Crippen molar-refractivity contribution < 1.29 is 9.53 Å². The highest BCUT2D eigenvalue weighted by Gasteiger charge is 2.34. The monoisotopic (exact) mass is 354 g/mol. The fraction of sp³-hybridized carbons (Fsp3) is 0.500. The van der Waals surface area contributed by atoms with Gasteiger partial charge in [-0.05, 0) is 31.0 Å². The molecule has 138 valence electrons. The number of imidazole rings is 1. The summed E-state index contributed by atoms with van der Waals surface area (Å²) in [5.74, 6) is 0.158. The smallest absolute Gasteiger partial charge is 0.223 e. The molecule has 1 amide bonds. The third-order valence-corrected chi connectivity index (χ3v) is 5.66. The van der Waals surface area contributed by atoms with Crippen LogP contribution < -0.4 is 5.32 Å². The van der Waals surface area contributed by atoms with Crippen LogP contribution in [0.3, 0.4) is 0 Å². The van der Waals surface area contributed by atoms with Gasteiger partial charge < -0.3 is 14.6 Å². The standard InChI is InChI=1S/C20H26N4O2/c1-23-7-8-26-18(19(23)17-11-21-13-24(17)2)12-22-20(25)16-9-14-5-3-4-6-15(14)10-16/h3-6,11,13,16,18-19H,7-10,12H2,1-2H3,(H,22,25)/t18-,19-/m0/s1. The molecular formula is C20H26N4O2. The third kappa shape index (κ3) is 3.27. The number of carbonyl (C=O) groups is 1. The minimum Gasteiger partial charge on any atom is -0.373 e. The summed E-state index contributed by atoms with van der Waals surface area (Å²) in [6.45, 7) is 2.07. The molecule has 2 heterocycles. The molecule has 1 aliphatic carbocycles. The van der Waals surface area contributed by atoms with Gasteiger partial charge in [-0.15, -0.1) is 0 Å². The predicted octanol–water partition coefficient (Wildman–Crippen LogP) is 1.32. The maximum absolute atomic E-state index is 12.7. The topological polar surface area (TPSA) is 59.4 Å². The Morgan fingerprint density at radius 3 is 2.65 bits per heavy atom. The van der Waals surface area contributed by atoms with Gasteiger partial charge in [0.2, 0.25) is 5.91 Å². The van der Waals surface area contributed by atoms with E-state index in [1.165, 1.54) is 11.1 Å². The molecule has 0 spiro atoms. The van der Waals surface area contributed by atoms with Crippen LogP contribution in [0.2, 0.25) is 0 Å². The van der Waals surface area contributed by atoms with Crippen LogP contribution in [-0.4, -0.2) is 53.2 Å². The van der Waals surface area contributed by atoms with Crippen molar-refractivity contribution in [2.75, 3.05) is 26.7 Å². The van der Waals surface area contributed by atoms with Crippen LogP contribution in [0.25, 0.3) is 0 Å². The Hall–Kier alpha value is -2.18. The lowest BCUT2D eigenvalue weighted by Gasteiger charge is -2.39. The maximum atomic E-state index is 12.7. The van der Waals surface area contributed by atoms with E-state index < -0.39 is 0 Å². The molecule has 1 N–H and O–H groups in total. The highest BCUT2D eigenvalue weighted by molar-refractivity contribution is 5.80. The number of likely N-dealkylation sites (N-methyl/N-ethyl adjacent to an activating group) is 1. The van der Waals surface area contributed by atoms with Crippen molar-refractivity contribution in [2.45, 2.75) is 25.0 Å². The first kappa shape index (κ1) is 17.2. The normalized spacial score (nSPS) is 23.8. The fourth-order valence-electron chi connectivity index (χ4n) is 4.19. The van der Waals surface area contributed by atoms with Gasteiger partial charge in [-0.1, -0.05) is 24.3 Å². The molecule has 1 aromatic heterocycles. The van der Waals surface area contributed by atoms with Crippen molar-refractivity contribution >= 4 is 5.91 Å². The third-order valence-electron chi connectivity index (χ3n) is 5.66. The second-order valence-electron chi connectivity index (χ2n) is 7.38. The number of hydrogen-bond donors (Lipinski definition) is 1. The molecule has 2 aromatic rings. The van der Waals surface area contributed by atoms with Gasteiger partial charge in [0, 0.05) is 32.3 Å². The van der Waals surface area contributed by atoms with E-state index in [-0.39, 0.29) is 24.0 Å². The molecule has 0 bridgehead atoms. The molecule has 1 fully saturated rings. The van der Waals surface area contributed by atoms with E-state index in [0.29, 0.717) is 13.2 Å². The zero-order valence-corrected chi connectivity index (χ0v) is 15.4. The second-order valence-corrected chi connectivity index (χ2v) is 7.38. The second kappa shape index (κ2) is 7.21. The van der Waals surface area contributed by atoms with Gasteiger partial charge in [-0.2, -0.15) is 0 Å². The number of aromatic nitrogens is 2. The van der Waals surface area contributed by atoms with Crippen LogP contribution in [0.15, 0.2) is 36.8 Å². The summed E-state index contributed by atoms with van der Waals surface area (Å²) in [7, 11) is 4.10. The molecular weight excluding hydrogens is 328 g/mol. The molecule has 1 saturated heterocycles. The average Bonchev–Trinajstić information content (AvgIpc) is 3.26. The number of nitrogens with one attached hydrogen (secondary N) is 1. The fourth-order valence-corrected chi connectivity index (χ4v) is 4.19. The van der Waals surface area contributed by atoms with Crippen molar-refractivity contribution in [3.63, 3.8) is 0 Å². The van der Waals surface area contributed by atoms with E-state index >= 15 is 0 Å². The number of morpholine rings is 1. The SMILES string of the molecule is CN1CCO[C@@H](CNC(=O)C2Cc3ccccc3C2)[C@@H]1c1cncn1C. The van der Waals surface area contributed by atoms with E-state index in [9.17, 15) is 4.79 Å². The lowest BCUT2D eigenvalue weighted by molar-refractivity contribution is -0.126. The van der Waals surface area contributed by atoms with E-state index in [2.05, 4.69) is 34.4 Å². The molecule has 0 unspecified atom stereocenters. The number of carbonyl (C=O) groups excluding carboxylic acids is 1. The lowest BCUT2D eigenvalue weighted by atomic mass is 10.0. The highest BCUT2D eigenvalue weighted by Crippen LogP contribution is 2.29. The number of aryl methyl sites for hydroxylation is 1. The zero-order valence-electron chi connectivity index (χ0n) is 15.4. The highest BCUT2D eigenvalue weighted by atomic mass is 16.5. The molecule has 6 nitrogen and oxygen atoms in total.